The van der Waals surface area contributed by atoms with Gasteiger partial charge in [0.15, 0.2) is 0 Å². The summed E-state index contributed by atoms with van der Waals surface area (Å²) in [6.07, 6.45) is 3.17. The number of H-pyrrole nitrogens is 1. The first-order chi connectivity index (χ1) is 13.8. The van der Waals surface area contributed by atoms with Crippen LogP contribution in [0.2, 0.25) is 0 Å². The first-order valence-corrected chi connectivity index (χ1v) is 9.18. The Morgan fingerprint density at radius 1 is 1.31 bits per heavy atom. The molecule has 1 aliphatic rings. The minimum atomic E-state index is -0.661. The van der Waals surface area contributed by atoms with Crippen LogP contribution in [0.4, 0.5) is 0 Å². The van der Waals surface area contributed by atoms with Gasteiger partial charge in [-0.25, -0.2) is 9.79 Å². The number of aliphatic imine (C=N–C) groups is 1. The van der Waals surface area contributed by atoms with Crippen LogP contribution in [0.1, 0.15) is 52.5 Å². The molecule has 0 bridgehead atoms. The molecule has 0 amide bonds. The molecule has 3 rings (SSSR count). The van der Waals surface area contributed by atoms with E-state index in [0.717, 1.165) is 11.1 Å². The number of aromatic nitrogens is 2. The maximum absolute atomic E-state index is 13.5. The molecule has 2 N–H and O–H groups in total. The summed E-state index contributed by atoms with van der Waals surface area (Å²) in [5.74, 6) is -0.758. The first kappa shape index (κ1) is 20.0. The van der Waals surface area contributed by atoms with Gasteiger partial charge >= 0.3 is 5.69 Å². The zero-order chi connectivity index (χ0) is 21.1. The molecular formula is C21H21N5O3. The second kappa shape index (κ2) is 8.10. The summed E-state index contributed by atoms with van der Waals surface area (Å²) in [5.41, 5.74) is 1.17. The van der Waals surface area contributed by atoms with Crippen LogP contribution >= 0.6 is 0 Å². The van der Waals surface area contributed by atoms with E-state index in [9.17, 15) is 19.6 Å². The summed E-state index contributed by atoms with van der Waals surface area (Å²) in [6, 6.07) is 6.82. The second-order valence-corrected chi connectivity index (χ2v) is 7.24. The van der Waals surface area contributed by atoms with Gasteiger partial charge in [0.25, 0.3) is 5.56 Å². The van der Waals surface area contributed by atoms with Crippen molar-refractivity contribution < 1.29 is 4.79 Å². The van der Waals surface area contributed by atoms with Gasteiger partial charge in [0, 0.05) is 23.9 Å². The van der Waals surface area contributed by atoms with E-state index in [0.29, 0.717) is 12.1 Å². The number of hydrogen-bond donors (Lipinski definition) is 2. The van der Waals surface area contributed by atoms with Crippen LogP contribution in [-0.2, 0) is 6.54 Å². The lowest BCUT2D eigenvalue weighted by molar-refractivity contribution is 0.102. The Labute approximate surface area is 167 Å². The largest absolute Gasteiger partial charge is 0.372 e. The number of benzene rings is 1. The third-order valence-corrected chi connectivity index (χ3v) is 4.61. The van der Waals surface area contributed by atoms with Crippen LogP contribution in [0, 0.1) is 18.3 Å². The fraction of sp³-hybridized carbons (Fsp3) is 0.286. The first-order valence-electron chi connectivity index (χ1n) is 9.18. The van der Waals surface area contributed by atoms with E-state index in [2.05, 4.69) is 15.3 Å². The highest BCUT2D eigenvalue weighted by Gasteiger charge is 2.25. The molecule has 0 aliphatic carbocycles. The molecule has 0 saturated heterocycles. The molecule has 1 aromatic carbocycles. The Bertz CT molecular complexity index is 1190. The van der Waals surface area contributed by atoms with Gasteiger partial charge in [-0.3, -0.25) is 19.1 Å². The van der Waals surface area contributed by atoms with Gasteiger partial charge in [0.05, 0.1) is 24.5 Å². The third-order valence-electron chi connectivity index (χ3n) is 4.61. The summed E-state index contributed by atoms with van der Waals surface area (Å²) >= 11 is 0. The van der Waals surface area contributed by atoms with E-state index in [1.165, 1.54) is 10.6 Å². The van der Waals surface area contributed by atoms with Crippen molar-refractivity contribution in [2.75, 3.05) is 6.54 Å². The van der Waals surface area contributed by atoms with Gasteiger partial charge in [-0.15, -0.1) is 0 Å². The molecule has 148 valence electrons. The number of nitrogens with zero attached hydrogens (tertiary/aromatic N) is 3. The summed E-state index contributed by atoms with van der Waals surface area (Å²) in [7, 11) is 0. The number of aromatic amines is 1. The minimum absolute atomic E-state index is 0.0405. The smallest absolute Gasteiger partial charge is 0.329 e. The van der Waals surface area contributed by atoms with Crippen molar-refractivity contribution in [2.24, 2.45) is 4.99 Å². The van der Waals surface area contributed by atoms with E-state index >= 15 is 0 Å². The second-order valence-electron chi connectivity index (χ2n) is 7.24. The monoisotopic (exact) mass is 391 g/mol. The molecule has 0 saturated carbocycles. The van der Waals surface area contributed by atoms with Gasteiger partial charge in [0.1, 0.15) is 5.69 Å². The molecule has 1 aromatic heterocycles. The van der Waals surface area contributed by atoms with E-state index in [1.54, 1.807) is 45.4 Å². The van der Waals surface area contributed by atoms with Crippen molar-refractivity contribution in [3.8, 4) is 6.07 Å². The van der Waals surface area contributed by atoms with Crippen LogP contribution in [-0.4, -0.2) is 28.2 Å². The fourth-order valence-electron chi connectivity index (χ4n) is 3.35. The number of aryl methyl sites for hydroxylation is 1. The highest BCUT2D eigenvalue weighted by atomic mass is 16.2. The number of carbonyl (C=O) groups is 1. The molecule has 0 unspecified atom stereocenters. The third kappa shape index (κ3) is 4.09. The molecular weight excluding hydrogens is 370 g/mol. The number of carbonyl (C=O) groups excluding carboxylic acids is 1. The summed E-state index contributed by atoms with van der Waals surface area (Å²) in [4.78, 5) is 45.0. The lowest BCUT2D eigenvalue weighted by atomic mass is 9.95. The van der Waals surface area contributed by atoms with E-state index < -0.39 is 17.0 Å². The standard InChI is InChI=1S/C21H21N5O3/c1-12(2)17-18(19(27)16-5-13(3)4-14(6-16)7-22)26(21(29)25-20(17)28)10-15-8-23-11-24-9-15/h4-6,8,11-12H,9-10H2,1-3H3,(H,23,24)(H,25,28,29). The molecule has 2 aromatic rings. The normalized spacial score (nSPS) is 13.0. The van der Waals surface area contributed by atoms with Crippen LogP contribution in [0.25, 0.3) is 0 Å². The highest BCUT2D eigenvalue weighted by molar-refractivity contribution is 6.09. The minimum Gasteiger partial charge on any atom is -0.372 e. The van der Waals surface area contributed by atoms with Crippen molar-refractivity contribution in [1.29, 1.82) is 5.26 Å². The van der Waals surface area contributed by atoms with Crippen molar-refractivity contribution in [3.63, 3.8) is 0 Å². The van der Waals surface area contributed by atoms with Crippen molar-refractivity contribution in [1.82, 2.24) is 14.9 Å². The molecule has 0 radical (unpaired) electrons. The summed E-state index contributed by atoms with van der Waals surface area (Å²) in [5, 5.41) is 12.2. The Kier molecular flexibility index (Phi) is 5.59. The number of rotatable bonds is 5. The lowest BCUT2D eigenvalue weighted by Gasteiger charge is -2.19. The quantitative estimate of drug-likeness (QED) is 0.750. The molecule has 0 atom stereocenters. The van der Waals surface area contributed by atoms with Crippen molar-refractivity contribution >= 4 is 12.1 Å². The van der Waals surface area contributed by atoms with Gasteiger partial charge in [-0.05, 0) is 42.2 Å². The van der Waals surface area contributed by atoms with Gasteiger partial charge in [-0.2, -0.15) is 5.26 Å². The van der Waals surface area contributed by atoms with Crippen LogP contribution < -0.4 is 16.6 Å². The van der Waals surface area contributed by atoms with E-state index in [-0.39, 0.29) is 29.3 Å². The lowest BCUT2D eigenvalue weighted by Crippen LogP contribution is -2.39. The molecule has 0 spiro atoms. The van der Waals surface area contributed by atoms with Crippen molar-refractivity contribution in [3.05, 3.63) is 78.8 Å². The topological polar surface area (TPSA) is 120 Å². The number of hydrogen-bond acceptors (Lipinski definition) is 6. The van der Waals surface area contributed by atoms with Gasteiger partial charge in [0.2, 0.25) is 5.78 Å². The predicted octanol–water partition coefficient (Wildman–Crippen LogP) is 1.59. The Hall–Kier alpha value is -3.73. The van der Waals surface area contributed by atoms with Gasteiger partial charge in [-0.1, -0.05) is 13.8 Å². The molecule has 2 heterocycles. The Balaban J connectivity index is 2.26. The van der Waals surface area contributed by atoms with E-state index in [4.69, 9.17) is 0 Å². The Morgan fingerprint density at radius 3 is 2.69 bits per heavy atom. The molecule has 1 aliphatic heterocycles. The van der Waals surface area contributed by atoms with Crippen LogP contribution in [0.5, 0.6) is 0 Å². The summed E-state index contributed by atoms with van der Waals surface area (Å²) < 4.78 is 1.28. The maximum atomic E-state index is 13.5. The maximum Gasteiger partial charge on any atom is 0.329 e. The zero-order valence-electron chi connectivity index (χ0n) is 16.4. The molecule has 8 heteroatoms. The molecule has 29 heavy (non-hydrogen) atoms. The Morgan fingerprint density at radius 2 is 2.07 bits per heavy atom. The van der Waals surface area contributed by atoms with Gasteiger partial charge < -0.3 is 5.32 Å². The van der Waals surface area contributed by atoms with E-state index in [1.807, 2.05) is 6.07 Å². The predicted molar refractivity (Wildman–Crippen MR) is 109 cm³/mol. The average Bonchev–Trinajstić information content (AvgIpc) is 2.69. The fourth-order valence-corrected chi connectivity index (χ4v) is 3.35. The number of nitrogens with one attached hydrogen (secondary N) is 2. The summed E-state index contributed by atoms with van der Waals surface area (Å²) in [6.45, 7) is 5.94. The zero-order valence-corrected chi connectivity index (χ0v) is 16.4. The molecule has 0 fully saturated rings. The SMILES string of the molecule is Cc1cc(C#N)cc(C(=O)c2c(C(C)C)c(=O)[nH]c(=O)n2CC2=CN=CNC2)c1. The molecule has 8 nitrogen and oxygen atoms in total. The van der Waals surface area contributed by atoms with Crippen LogP contribution in [0.15, 0.2) is 44.6 Å². The van der Waals surface area contributed by atoms with Crippen molar-refractivity contribution in [2.45, 2.75) is 33.2 Å². The number of nitriles is 1. The highest BCUT2D eigenvalue weighted by Crippen LogP contribution is 2.20. The average molecular weight is 391 g/mol. The van der Waals surface area contributed by atoms with Crippen LogP contribution in [0.3, 0.4) is 0 Å². The number of ketones is 1.